The third kappa shape index (κ3) is 6.85. The molecule has 2 amide bonds. The predicted octanol–water partition coefficient (Wildman–Crippen LogP) is 2.25. The molecule has 6 rings (SSSR count). The van der Waals surface area contributed by atoms with Crippen molar-refractivity contribution in [3.63, 3.8) is 0 Å². The second-order valence-corrected chi connectivity index (χ2v) is 13.6. The van der Waals surface area contributed by atoms with Gasteiger partial charge in [-0.1, -0.05) is 24.3 Å². The van der Waals surface area contributed by atoms with Crippen LogP contribution in [-0.2, 0) is 21.3 Å². The number of piperidine rings is 1. The summed E-state index contributed by atoms with van der Waals surface area (Å²) in [6.07, 6.45) is 5.92. The molecule has 1 unspecified atom stereocenters. The number of hydrogen-bond acceptors (Lipinski definition) is 8. The van der Waals surface area contributed by atoms with Crippen molar-refractivity contribution < 1.29 is 17.9 Å². The molecular weight excluding hydrogens is 578 g/mol. The van der Waals surface area contributed by atoms with Gasteiger partial charge in [0.05, 0.1) is 23.8 Å². The Morgan fingerprint density at radius 3 is 2.43 bits per heavy atom. The van der Waals surface area contributed by atoms with E-state index >= 15 is 0 Å². The Bertz CT molecular complexity index is 1460. The van der Waals surface area contributed by atoms with E-state index in [2.05, 4.69) is 26.2 Å². The van der Waals surface area contributed by atoms with E-state index in [1.54, 1.807) is 21.3 Å². The maximum atomic E-state index is 14.0. The highest BCUT2D eigenvalue weighted by molar-refractivity contribution is 7.89. The van der Waals surface area contributed by atoms with E-state index in [9.17, 15) is 13.2 Å². The second kappa shape index (κ2) is 13.8. The molecule has 2 aromatic carbocycles. The molecule has 0 spiro atoms. The lowest BCUT2D eigenvalue weighted by Crippen LogP contribution is -2.51. The van der Waals surface area contributed by atoms with E-state index in [-0.39, 0.29) is 18.2 Å². The van der Waals surface area contributed by atoms with Gasteiger partial charge in [-0.15, -0.1) is 0 Å². The first kappa shape index (κ1) is 30.8. The molecule has 1 atom stereocenters. The van der Waals surface area contributed by atoms with Crippen molar-refractivity contribution in [3.05, 3.63) is 77.5 Å². The van der Waals surface area contributed by atoms with Gasteiger partial charge in [0.1, 0.15) is 6.17 Å². The highest BCUT2D eigenvalue weighted by atomic mass is 32.2. The summed E-state index contributed by atoms with van der Waals surface area (Å²) in [7, 11) is -1.77. The normalized spacial score (nSPS) is 21.5. The molecule has 12 heteroatoms. The van der Waals surface area contributed by atoms with Crippen LogP contribution in [0.4, 0.5) is 10.5 Å². The zero-order valence-corrected chi connectivity index (χ0v) is 26.1. The van der Waals surface area contributed by atoms with Crippen LogP contribution in [0.15, 0.2) is 71.3 Å². The summed E-state index contributed by atoms with van der Waals surface area (Å²) < 4.78 is 35.2. The lowest BCUT2D eigenvalue weighted by atomic mass is 10.1. The molecule has 11 nitrogen and oxygen atoms in total. The number of nitrogens with zero attached hydrogens (tertiary/aromatic N) is 3. The SMILES string of the molecule is CNCc1ccc(N2C=C3C=C(c4ccc(S(=O)(=O)N(CCCN5CCOCC5)C5CCNCC5)cc4)NC3NC2=O)cc1. The number of carbonyl (C=O) groups is 1. The first-order chi connectivity index (χ1) is 21.4. The van der Waals surface area contributed by atoms with Crippen LogP contribution in [0.2, 0.25) is 0 Å². The average Bonchev–Trinajstić information content (AvgIpc) is 3.47. The first-order valence-electron chi connectivity index (χ1n) is 15.6. The van der Waals surface area contributed by atoms with Crippen molar-refractivity contribution in [2.75, 3.05) is 64.4 Å². The van der Waals surface area contributed by atoms with E-state index in [1.165, 1.54) is 0 Å². The lowest BCUT2D eigenvalue weighted by molar-refractivity contribution is 0.0365. The summed E-state index contributed by atoms with van der Waals surface area (Å²) in [5, 5.41) is 12.9. The van der Waals surface area contributed by atoms with Crippen LogP contribution in [0.5, 0.6) is 0 Å². The third-order valence-corrected chi connectivity index (χ3v) is 10.7. The number of fused-ring (bicyclic) bond motifs is 1. The van der Waals surface area contributed by atoms with Gasteiger partial charge in [-0.05, 0) is 87.4 Å². The van der Waals surface area contributed by atoms with Crippen molar-refractivity contribution in [2.24, 2.45) is 0 Å². The van der Waals surface area contributed by atoms with Gasteiger partial charge in [-0.2, -0.15) is 4.31 Å². The van der Waals surface area contributed by atoms with Gasteiger partial charge >= 0.3 is 6.03 Å². The lowest BCUT2D eigenvalue weighted by Gasteiger charge is -2.34. The van der Waals surface area contributed by atoms with E-state index in [4.69, 9.17) is 4.74 Å². The minimum Gasteiger partial charge on any atom is -0.379 e. The van der Waals surface area contributed by atoms with Crippen LogP contribution in [0.3, 0.4) is 0 Å². The van der Waals surface area contributed by atoms with Gasteiger partial charge in [0.25, 0.3) is 0 Å². The van der Waals surface area contributed by atoms with Crippen LogP contribution in [0.1, 0.15) is 30.4 Å². The first-order valence-corrected chi connectivity index (χ1v) is 17.0. The van der Waals surface area contributed by atoms with Gasteiger partial charge < -0.3 is 26.0 Å². The largest absolute Gasteiger partial charge is 0.379 e. The molecule has 0 saturated carbocycles. The summed E-state index contributed by atoms with van der Waals surface area (Å²) in [6, 6.07) is 14.8. The zero-order valence-electron chi connectivity index (χ0n) is 25.3. The molecular formula is C32H43N7O4S. The number of rotatable bonds is 11. The molecule has 4 heterocycles. The van der Waals surface area contributed by atoms with Gasteiger partial charge in [0, 0.05) is 49.7 Å². The van der Waals surface area contributed by atoms with Crippen LogP contribution >= 0.6 is 0 Å². The number of ether oxygens (including phenoxy) is 1. The van der Waals surface area contributed by atoms with Crippen LogP contribution < -0.4 is 26.2 Å². The Balaban J connectivity index is 1.16. The molecule has 2 fully saturated rings. The van der Waals surface area contributed by atoms with Gasteiger partial charge in [-0.25, -0.2) is 13.2 Å². The fourth-order valence-electron chi connectivity index (χ4n) is 6.31. The van der Waals surface area contributed by atoms with Crippen LogP contribution in [0, 0.1) is 0 Å². The number of sulfonamides is 1. The Kier molecular flexibility index (Phi) is 9.65. The topological polar surface area (TPSA) is 118 Å². The number of benzene rings is 2. The zero-order chi connectivity index (χ0) is 30.5. The molecule has 2 saturated heterocycles. The molecule has 236 valence electrons. The number of urea groups is 1. The Labute approximate surface area is 260 Å². The summed E-state index contributed by atoms with van der Waals surface area (Å²) >= 11 is 0. The quantitative estimate of drug-likeness (QED) is 0.302. The van der Waals surface area contributed by atoms with Crippen molar-refractivity contribution in [3.8, 4) is 0 Å². The molecule has 4 aliphatic rings. The smallest absolute Gasteiger partial charge is 0.327 e. The minimum absolute atomic E-state index is 0.00837. The van der Waals surface area contributed by atoms with Gasteiger partial charge in [0.15, 0.2) is 0 Å². The van der Waals surface area contributed by atoms with Crippen LogP contribution in [-0.4, -0.2) is 95.4 Å². The molecule has 4 aliphatic heterocycles. The standard InChI is InChI=1S/C32H43N7O4S/c1-33-22-24-3-7-27(8-4-24)38-23-26-21-30(35-31(26)36-32(38)40)25-5-9-29(10-6-25)44(41,42)39(28-11-13-34-14-12-28)16-2-15-37-17-19-43-20-18-37/h3-10,21,23,28,31,33-35H,2,11-20,22H2,1H3,(H,36,40). The molecule has 0 aliphatic carbocycles. The fourth-order valence-corrected chi connectivity index (χ4v) is 8.03. The number of morpholine rings is 1. The molecule has 4 N–H and O–H groups in total. The van der Waals surface area contributed by atoms with Crippen molar-refractivity contribution in [1.29, 1.82) is 0 Å². The molecule has 0 radical (unpaired) electrons. The van der Waals surface area contributed by atoms with Crippen molar-refractivity contribution >= 4 is 27.4 Å². The second-order valence-electron chi connectivity index (χ2n) is 11.7. The number of carbonyl (C=O) groups excluding carboxylic acids is 1. The average molecular weight is 622 g/mol. The molecule has 44 heavy (non-hydrogen) atoms. The van der Waals surface area contributed by atoms with E-state index in [1.807, 2.05) is 55.7 Å². The Morgan fingerprint density at radius 2 is 1.73 bits per heavy atom. The maximum Gasteiger partial charge on any atom is 0.327 e. The Hall–Kier alpha value is -3.26. The maximum absolute atomic E-state index is 14.0. The highest BCUT2D eigenvalue weighted by Crippen LogP contribution is 2.30. The summed E-state index contributed by atoms with van der Waals surface area (Å²) in [5.41, 5.74) is 4.54. The molecule has 0 aromatic heterocycles. The van der Waals surface area contributed by atoms with E-state index in [0.29, 0.717) is 11.4 Å². The number of hydrogen-bond donors (Lipinski definition) is 4. The van der Waals surface area contributed by atoms with Crippen molar-refractivity contribution in [1.82, 2.24) is 30.5 Å². The minimum atomic E-state index is -3.67. The molecule has 2 aromatic rings. The van der Waals surface area contributed by atoms with E-state index in [0.717, 1.165) is 99.8 Å². The summed E-state index contributed by atoms with van der Waals surface area (Å²) in [5.74, 6) is 0. The predicted molar refractivity (Wildman–Crippen MR) is 171 cm³/mol. The Morgan fingerprint density at radius 1 is 1.00 bits per heavy atom. The number of nitrogens with one attached hydrogen (secondary N) is 4. The highest BCUT2D eigenvalue weighted by Gasteiger charge is 2.34. The summed E-state index contributed by atoms with van der Waals surface area (Å²) in [4.78, 5) is 17.2. The monoisotopic (exact) mass is 621 g/mol. The summed E-state index contributed by atoms with van der Waals surface area (Å²) in [6.45, 7) is 7.05. The fraction of sp³-hybridized carbons (Fsp3) is 0.469. The van der Waals surface area contributed by atoms with Gasteiger partial charge in [0.2, 0.25) is 10.0 Å². The number of anilines is 1. The molecule has 0 bridgehead atoms. The van der Waals surface area contributed by atoms with Gasteiger partial charge in [-0.3, -0.25) is 9.80 Å². The number of amides is 2. The van der Waals surface area contributed by atoms with Crippen LogP contribution in [0.25, 0.3) is 5.70 Å². The third-order valence-electron chi connectivity index (χ3n) is 8.75. The van der Waals surface area contributed by atoms with Crippen molar-refractivity contribution in [2.45, 2.75) is 42.9 Å². The van der Waals surface area contributed by atoms with E-state index < -0.39 is 10.0 Å².